The molecule has 7 heteroatoms. The van der Waals surface area contributed by atoms with Gasteiger partial charge in [0.15, 0.2) is 0 Å². The number of aromatic nitrogens is 2. The van der Waals surface area contributed by atoms with Gasteiger partial charge in [-0.25, -0.2) is 4.68 Å². The van der Waals surface area contributed by atoms with Crippen LogP contribution in [0.1, 0.15) is 11.5 Å². The standard InChI is InChI=1S/C9H10N4O3/c1-6-2-3-7(16-6)5-12-9(10)8(4-11-12)13(14)15/h2-4H,5,10H2,1H3. The number of hydrogen-bond donors (Lipinski definition) is 1. The number of aryl methyl sites for hydroxylation is 1. The molecule has 7 nitrogen and oxygen atoms in total. The lowest BCUT2D eigenvalue weighted by Crippen LogP contribution is -2.06. The Labute approximate surface area is 90.6 Å². The lowest BCUT2D eigenvalue weighted by Gasteiger charge is -1.99. The largest absolute Gasteiger partial charge is 0.464 e. The summed E-state index contributed by atoms with van der Waals surface area (Å²) in [6.07, 6.45) is 1.13. The van der Waals surface area contributed by atoms with Crippen molar-refractivity contribution in [1.82, 2.24) is 9.78 Å². The predicted molar refractivity (Wildman–Crippen MR) is 55.8 cm³/mol. The van der Waals surface area contributed by atoms with E-state index in [1.165, 1.54) is 4.68 Å². The average molecular weight is 222 g/mol. The highest BCUT2D eigenvalue weighted by atomic mass is 16.6. The van der Waals surface area contributed by atoms with Crippen LogP contribution >= 0.6 is 0 Å². The van der Waals surface area contributed by atoms with E-state index < -0.39 is 4.92 Å². The molecule has 2 rings (SSSR count). The molecule has 0 spiro atoms. The summed E-state index contributed by atoms with van der Waals surface area (Å²) in [6, 6.07) is 3.59. The molecule has 2 aromatic heterocycles. The topological polar surface area (TPSA) is 100 Å². The Balaban J connectivity index is 2.25. The maximum absolute atomic E-state index is 10.5. The molecule has 0 aliphatic rings. The summed E-state index contributed by atoms with van der Waals surface area (Å²) < 4.78 is 6.66. The smallest absolute Gasteiger partial charge is 0.330 e. The van der Waals surface area contributed by atoms with Crippen molar-refractivity contribution in [2.75, 3.05) is 5.73 Å². The van der Waals surface area contributed by atoms with Crippen LogP contribution in [0, 0.1) is 17.0 Å². The van der Waals surface area contributed by atoms with Gasteiger partial charge in [-0.3, -0.25) is 10.1 Å². The van der Waals surface area contributed by atoms with E-state index in [1.54, 1.807) is 6.07 Å². The quantitative estimate of drug-likeness (QED) is 0.623. The number of furan rings is 1. The molecule has 0 fully saturated rings. The first-order valence-electron chi connectivity index (χ1n) is 4.59. The molecule has 0 unspecified atom stereocenters. The summed E-state index contributed by atoms with van der Waals surface area (Å²) in [7, 11) is 0. The van der Waals surface area contributed by atoms with Crippen LogP contribution in [0.3, 0.4) is 0 Å². The molecule has 0 saturated heterocycles. The van der Waals surface area contributed by atoms with Crippen LogP contribution in [-0.4, -0.2) is 14.7 Å². The molecule has 16 heavy (non-hydrogen) atoms. The number of hydrogen-bond acceptors (Lipinski definition) is 5. The van der Waals surface area contributed by atoms with Crippen molar-refractivity contribution in [1.29, 1.82) is 0 Å². The minimum absolute atomic E-state index is 0.0269. The van der Waals surface area contributed by atoms with Gasteiger partial charge >= 0.3 is 5.69 Å². The second kappa shape index (κ2) is 3.69. The first-order valence-corrected chi connectivity index (χ1v) is 4.59. The summed E-state index contributed by atoms with van der Waals surface area (Å²) in [5, 5.41) is 14.4. The minimum Gasteiger partial charge on any atom is -0.464 e. The summed E-state index contributed by atoms with van der Waals surface area (Å²) in [6.45, 7) is 2.10. The van der Waals surface area contributed by atoms with Gasteiger partial charge in [0.2, 0.25) is 5.82 Å². The SMILES string of the molecule is Cc1ccc(Cn2ncc([N+](=O)[O-])c2N)o1. The molecule has 0 aliphatic heterocycles. The lowest BCUT2D eigenvalue weighted by atomic mass is 10.4. The average Bonchev–Trinajstić information content (AvgIpc) is 2.76. The van der Waals surface area contributed by atoms with Crippen LogP contribution in [-0.2, 0) is 6.54 Å². The Morgan fingerprint density at radius 2 is 2.38 bits per heavy atom. The van der Waals surface area contributed by atoms with Crippen LogP contribution < -0.4 is 5.73 Å². The van der Waals surface area contributed by atoms with Gasteiger partial charge in [0.25, 0.3) is 0 Å². The zero-order chi connectivity index (χ0) is 11.7. The van der Waals surface area contributed by atoms with E-state index in [1.807, 2.05) is 13.0 Å². The fourth-order valence-corrected chi connectivity index (χ4v) is 1.37. The first kappa shape index (κ1) is 10.2. The van der Waals surface area contributed by atoms with Gasteiger partial charge in [0.05, 0.1) is 4.92 Å². The van der Waals surface area contributed by atoms with Crippen molar-refractivity contribution < 1.29 is 9.34 Å². The van der Waals surface area contributed by atoms with E-state index in [0.29, 0.717) is 5.76 Å². The highest BCUT2D eigenvalue weighted by molar-refractivity contribution is 5.51. The zero-order valence-corrected chi connectivity index (χ0v) is 8.58. The summed E-state index contributed by atoms with van der Waals surface area (Å²) in [4.78, 5) is 9.98. The maximum Gasteiger partial charge on any atom is 0.330 e. The highest BCUT2D eigenvalue weighted by Gasteiger charge is 2.17. The van der Waals surface area contributed by atoms with Crippen molar-refractivity contribution in [2.24, 2.45) is 0 Å². The number of rotatable bonds is 3. The van der Waals surface area contributed by atoms with Gasteiger partial charge in [0.1, 0.15) is 24.3 Å². The summed E-state index contributed by atoms with van der Waals surface area (Å²) in [5.74, 6) is 1.46. The van der Waals surface area contributed by atoms with Crippen molar-refractivity contribution in [3.63, 3.8) is 0 Å². The van der Waals surface area contributed by atoms with E-state index in [4.69, 9.17) is 10.2 Å². The number of anilines is 1. The van der Waals surface area contributed by atoms with Gasteiger partial charge < -0.3 is 10.2 Å². The Morgan fingerprint density at radius 3 is 2.88 bits per heavy atom. The predicted octanol–water partition coefficient (Wildman–Crippen LogP) is 1.32. The van der Waals surface area contributed by atoms with E-state index in [0.717, 1.165) is 12.0 Å². The Bertz CT molecular complexity index is 529. The first-order chi connectivity index (χ1) is 7.58. The van der Waals surface area contributed by atoms with Gasteiger partial charge in [-0.2, -0.15) is 5.10 Å². The molecule has 0 bridgehead atoms. The summed E-state index contributed by atoms with van der Waals surface area (Å²) >= 11 is 0. The third kappa shape index (κ3) is 1.74. The molecule has 0 atom stereocenters. The summed E-state index contributed by atoms with van der Waals surface area (Å²) in [5.41, 5.74) is 5.38. The minimum atomic E-state index is -0.563. The van der Waals surface area contributed by atoms with Crippen molar-refractivity contribution in [3.8, 4) is 0 Å². The number of nitro groups is 1. The molecule has 0 aliphatic carbocycles. The molecule has 0 saturated carbocycles. The van der Waals surface area contributed by atoms with Crippen LogP contribution in [0.5, 0.6) is 0 Å². The molecule has 2 aromatic rings. The molecule has 0 amide bonds. The fourth-order valence-electron chi connectivity index (χ4n) is 1.37. The number of nitrogens with two attached hydrogens (primary N) is 1. The normalized spacial score (nSPS) is 10.6. The van der Waals surface area contributed by atoms with Gasteiger partial charge in [-0.1, -0.05) is 0 Å². The van der Waals surface area contributed by atoms with E-state index in [-0.39, 0.29) is 18.1 Å². The molecular formula is C9H10N4O3. The highest BCUT2D eigenvalue weighted by Crippen LogP contribution is 2.21. The van der Waals surface area contributed by atoms with Crippen LogP contribution in [0.25, 0.3) is 0 Å². The number of nitrogens with zero attached hydrogens (tertiary/aromatic N) is 3. The third-order valence-electron chi connectivity index (χ3n) is 2.16. The van der Waals surface area contributed by atoms with Gasteiger partial charge in [-0.05, 0) is 19.1 Å². The molecule has 0 radical (unpaired) electrons. The monoisotopic (exact) mass is 222 g/mol. The molecular weight excluding hydrogens is 212 g/mol. The zero-order valence-electron chi connectivity index (χ0n) is 8.58. The molecule has 84 valence electrons. The van der Waals surface area contributed by atoms with E-state index >= 15 is 0 Å². The molecule has 2 heterocycles. The maximum atomic E-state index is 10.5. The van der Waals surface area contributed by atoms with Crippen LogP contribution in [0.2, 0.25) is 0 Å². The van der Waals surface area contributed by atoms with Crippen LogP contribution in [0.4, 0.5) is 11.5 Å². The van der Waals surface area contributed by atoms with Gasteiger partial charge in [0, 0.05) is 0 Å². The van der Waals surface area contributed by atoms with Crippen molar-refractivity contribution in [2.45, 2.75) is 13.5 Å². The molecule has 0 aromatic carbocycles. The second-order valence-corrected chi connectivity index (χ2v) is 3.34. The van der Waals surface area contributed by atoms with Gasteiger partial charge in [-0.15, -0.1) is 0 Å². The van der Waals surface area contributed by atoms with Crippen molar-refractivity contribution in [3.05, 3.63) is 40.0 Å². The lowest BCUT2D eigenvalue weighted by molar-refractivity contribution is -0.384. The Hall–Kier alpha value is -2.31. The Morgan fingerprint density at radius 1 is 1.62 bits per heavy atom. The molecule has 2 N–H and O–H groups in total. The second-order valence-electron chi connectivity index (χ2n) is 3.34. The van der Waals surface area contributed by atoms with Crippen molar-refractivity contribution >= 4 is 11.5 Å². The van der Waals surface area contributed by atoms with E-state index in [2.05, 4.69) is 5.10 Å². The Kier molecular flexibility index (Phi) is 2.35. The number of nitrogen functional groups attached to an aromatic ring is 1. The third-order valence-corrected chi connectivity index (χ3v) is 2.16. The van der Waals surface area contributed by atoms with Crippen LogP contribution in [0.15, 0.2) is 22.7 Å². The fraction of sp³-hybridized carbons (Fsp3) is 0.222. The van der Waals surface area contributed by atoms with E-state index in [9.17, 15) is 10.1 Å².